The molecule has 0 saturated heterocycles. The summed E-state index contributed by atoms with van der Waals surface area (Å²) >= 11 is 0. The molecule has 0 atom stereocenters. The zero-order valence-corrected chi connectivity index (χ0v) is 21.7. The lowest BCUT2D eigenvalue weighted by atomic mass is 10.1. The highest BCUT2D eigenvalue weighted by molar-refractivity contribution is 5.98. The first kappa shape index (κ1) is 31.1. The molecule has 0 aliphatic rings. The van der Waals surface area contributed by atoms with Gasteiger partial charge in [-0.05, 0) is 63.3 Å². The molecule has 0 aliphatic heterocycles. The van der Waals surface area contributed by atoms with Crippen molar-refractivity contribution < 1.29 is 19.4 Å². The molecule has 35 heavy (non-hydrogen) atoms. The molecule has 0 bridgehead atoms. The second-order valence-corrected chi connectivity index (χ2v) is 7.15. The van der Waals surface area contributed by atoms with Crippen LogP contribution < -0.4 is 20.4 Å². The lowest BCUT2D eigenvalue weighted by Crippen LogP contribution is -2.38. The van der Waals surface area contributed by atoms with Gasteiger partial charge in [-0.25, -0.2) is 9.78 Å². The van der Waals surface area contributed by atoms with Crippen LogP contribution in [0.5, 0.6) is 5.75 Å². The number of rotatable bonds is 10. The Morgan fingerprint density at radius 2 is 1.83 bits per heavy atom. The van der Waals surface area contributed by atoms with Gasteiger partial charge in [-0.2, -0.15) is 0 Å². The zero-order chi connectivity index (χ0) is 27.0. The highest BCUT2D eigenvalue weighted by Gasteiger charge is 2.19. The largest absolute Gasteiger partial charge is 0.493 e. The third-order valence-corrected chi connectivity index (χ3v) is 4.65. The molecule has 0 spiro atoms. The summed E-state index contributed by atoms with van der Waals surface area (Å²) in [6.07, 6.45) is 3.92. The summed E-state index contributed by atoms with van der Waals surface area (Å²) in [5.74, 6) is -0.0260. The number of nitrogens with zero attached hydrogens (tertiary/aromatic N) is 3. The fourth-order valence-electron chi connectivity index (χ4n) is 2.99. The summed E-state index contributed by atoms with van der Waals surface area (Å²) in [5.41, 5.74) is 2.29. The van der Waals surface area contributed by atoms with Crippen molar-refractivity contribution in [2.75, 3.05) is 46.4 Å². The summed E-state index contributed by atoms with van der Waals surface area (Å²) in [7, 11) is 7.17. The Morgan fingerprint density at radius 3 is 2.31 bits per heavy atom. The van der Waals surface area contributed by atoms with Crippen LogP contribution in [0.4, 0.5) is 5.82 Å². The number of aromatic carboxylic acids is 1. The summed E-state index contributed by atoms with van der Waals surface area (Å²) in [6.45, 7) is 14.5. The van der Waals surface area contributed by atoms with Crippen molar-refractivity contribution in [2.45, 2.75) is 20.3 Å². The van der Waals surface area contributed by atoms with Crippen molar-refractivity contribution in [3.05, 3.63) is 78.7 Å². The smallest absolute Gasteiger partial charge is 0.335 e. The van der Waals surface area contributed by atoms with Gasteiger partial charge in [-0.15, -0.1) is 13.2 Å². The second kappa shape index (κ2) is 16.7. The number of hydrazine groups is 1. The molecule has 1 amide bonds. The summed E-state index contributed by atoms with van der Waals surface area (Å²) < 4.78 is 5.80. The number of anilines is 1. The normalized spacial score (nSPS) is 9.43. The van der Waals surface area contributed by atoms with Crippen LogP contribution in [0.1, 0.15) is 38.8 Å². The van der Waals surface area contributed by atoms with Crippen molar-refractivity contribution in [1.29, 1.82) is 0 Å². The maximum atomic E-state index is 12.4. The van der Waals surface area contributed by atoms with Crippen molar-refractivity contribution >= 4 is 17.7 Å². The van der Waals surface area contributed by atoms with E-state index < -0.39 is 5.97 Å². The Hall–Kier alpha value is -3.85. The van der Waals surface area contributed by atoms with E-state index in [2.05, 4.69) is 35.4 Å². The molecule has 0 radical (unpaired) electrons. The van der Waals surface area contributed by atoms with Gasteiger partial charge >= 0.3 is 5.97 Å². The molecule has 2 aromatic rings. The van der Waals surface area contributed by atoms with E-state index in [1.54, 1.807) is 43.5 Å². The first-order valence-electron chi connectivity index (χ1n) is 11.1. The highest BCUT2D eigenvalue weighted by Crippen LogP contribution is 2.22. The van der Waals surface area contributed by atoms with Crippen molar-refractivity contribution in [3.8, 4) is 5.75 Å². The lowest BCUT2D eigenvalue weighted by Gasteiger charge is -2.31. The second-order valence-electron chi connectivity index (χ2n) is 7.15. The van der Waals surface area contributed by atoms with Crippen molar-refractivity contribution in [2.24, 2.45) is 0 Å². The van der Waals surface area contributed by atoms with Gasteiger partial charge < -0.3 is 20.5 Å². The van der Waals surface area contributed by atoms with Gasteiger partial charge in [-0.3, -0.25) is 14.8 Å². The average Bonchev–Trinajstić information content (AvgIpc) is 2.86. The van der Waals surface area contributed by atoms with Crippen LogP contribution >= 0.6 is 0 Å². The third kappa shape index (κ3) is 9.50. The standard InChI is InChI=1S/C22H28N4O4.C2H7N.C2H4/c1-6-25(5)26(7-2)20-18(21(27)23-4)13-16(14-24-20)10-11-30-19-9-8-17(22(28)29)12-15(19)3;1-3-2;1-2/h6,8-9,12-14H,1,7,10-11H2,2-5H3,(H,23,27)(H,28,29);3H,1-2H3;1-2H2. The van der Waals surface area contributed by atoms with E-state index in [-0.39, 0.29) is 11.5 Å². The zero-order valence-electron chi connectivity index (χ0n) is 21.7. The minimum absolute atomic E-state index is 0.222. The van der Waals surface area contributed by atoms with Gasteiger partial charge in [0.15, 0.2) is 5.82 Å². The number of carboxylic acid groups (broad SMARTS) is 1. The van der Waals surface area contributed by atoms with Crippen molar-refractivity contribution in [1.82, 2.24) is 20.6 Å². The number of aromatic nitrogens is 1. The van der Waals surface area contributed by atoms with E-state index in [1.807, 2.05) is 39.1 Å². The predicted molar refractivity (Wildman–Crippen MR) is 142 cm³/mol. The van der Waals surface area contributed by atoms with Gasteiger partial charge in [0, 0.05) is 39.5 Å². The van der Waals surface area contributed by atoms with Gasteiger partial charge in [-0.1, -0.05) is 6.58 Å². The fraction of sp³-hybridized carbons (Fsp3) is 0.346. The maximum Gasteiger partial charge on any atom is 0.335 e. The number of ether oxygens (including phenoxy) is 1. The third-order valence-electron chi connectivity index (χ3n) is 4.65. The van der Waals surface area contributed by atoms with Crippen LogP contribution in [0.2, 0.25) is 0 Å². The molecular formula is C26H39N5O4. The maximum absolute atomic E-state index is 12.4. The van der Waals surface area contributed by atoms with Crippen LogP contribution in [0.3, 0.4) is 0 Å². The number of hydrogen-bond donors (Lipinski definition) is 3. The van der Waals surface area contributed by atoms with E-state index >= 15 is 0 Å². The minimum atomic E-state index is -0.972. The molecule has 0 unspecified atom stereocenters. The monoisotopic (exact) mass is 485 g/mol. The Balaban J connectivity index is 0.00000214. The van der Waals surface area contributed by atoms with Crippen LogP contribution in [0, 0.1) is 6.92 Å². The van der Waals surface area contributed by atoms with Crippen LogP contribution in [-0.4, -0.2) is 68.3 Å². The predicted octanol–water partition coefficient (Wildman–Crippen LogP) is 3.52. The molecule has 9 nitrogen and oxygen atoms in total. The molecule has 1 aromatic heterocycles. The summed E-state index contributed by atoms with van der Waals surface area (Å²) in [6, 6.07) is 6.55. The van der Waals surface area contributed by atoms with E-state index in [9.17, 15) is 9.59 Å². The fourth-order valence-corrected chi connectivity index (χ4v) is 2.99. The molecule has 3 N–H and O–H groups in total. The minimum Gasteiger partial charge on any atom is -0.493 e. The van der Waals surface area contributed by atoms with Crippen molar-refractivity contribution in [3.63, 3.8) is 0 Å². The Bertz CT molecular complexity index is 965. The SMILES string of the molecule is C=C.C=CN(C)N(CC)c1ncc(CCOc2ccc(C(=O)O)cc2C)cc1C(=O)NC.CNC. The van der Waals surface area contributed by atoms with Crippen LogP contribution in [0.25, 0.3) is 0 Å². The quantitative estimate of drug-likeness (QED) is 0.347. The summed E-state index contributed by atoms with van der Waals surface area (Å²) in [4.78, 5) is 28.0. The van der Waals surface area contributed by atoms with E-state index in [0.717, 1.165) is 11.1 Å². The number of pyridine rings is 1. The highest BCUT2D eigenvalue weighted by atomic mass is 16.5. The molecule has 0 saturated carbocycles. The molecule has 2 rings (SSSR count). The first-order valence-corrected chi connectivity index (χ1v) is 11.1. The number of nitrogens with one attached hydrogen (secondary N) is 2. The van der Waals surface area contributed by atoms with E-state index in [4.69, 9.17) is 9.84 Å². The van der Waals surface area contributed by atoms with Crippen LogP contribution in [0.15, 0.2) is 56.4 Å². The molecular weight excluding hydrogens is 446 g/mol. The van der Waals surface area contributed by atoms with Gasteiger partial charge in [0.05, 0.1) is 17.7 Å². The number of aryl methyl sites for hydroxylation is 1. The van der Waals surface area contributed by atoms with Crippen LogP contribution in [-0.2, 0) is 6.42 Å². The topological polar surface area (TPSA) is 107 Å². The molecule has 9 heteroatoms. The molecule has 192 valence electrons. The van der Waals surface area contributed by atoms with E-state index in [0.29, 0.717) is 36.7 Å². The Kier molecular flexibility index (Phi) is 14.9. The number of carbonyl (C=O) groups excluding carboxylic acids is 1. The molecule has 0 fully saturated rings. The Morgan fingerprint density at radius 1 is 1.20 bits per heavy atom. The van der Waals surface area contributed by atoms with Gasteiger partial charge in [0.1, 0.15) is 5.75 Å². The molecule has 1 heterocycles. The number of carboxylic acids is 1. The summed E-state index contributed by atoms with van der Waals surface area (Å²) in [5, 5.41) is 18.1. The average molecular weight is 486 g/mol. The Labute approximate surface area is 209 Å². The van der Waals surface area contributed by atoms with Gasteiger partial charge in [0.2, 0.25) is 0 Å². The number of hydrogen-bond acceptors (Lipinski definition) is 7. The molecule has 1 aromatic carbocycles. The number of amides is 1. The first-order chi connectivity index (χ1) is 16.7. The number of benzene rings is 1. The van der Waals surface area contributed by atoms with Gasteiger partial charge in [0.25, 0.3) is 5.91 Å². The lowest BCUT2D eigenvalue weighted by molar-refractivity contribution is 0.0696. The number of carbonyl (C=O) groups is 2. The molecule has 0 aliphatic carbocycles. The van der Waals surface area contributed by atoms with E-state index in [1.165, 1.54) is 6.07 Å².